The number of hydrogen-bond acceptors (Lipinski definition) is 3. The predicted octanol–water partition coefficient (Wildman–Crippen LogP) is 1.85. The van der Waals surface area contributed by atoms with E-state index in [1.54, 1.807) is 36.1 Å². The highest BCUT2D eigenvalue weighted by Crippen LogP contribution is 2.29. The van der Waals surface area contributed by atoms with Crippen molar-refractivity contribution in [3.05, 3.63) is 35.9 Å². The maximum Gasteiger partial charge on any atom is 0.339 e. The lowest BCUT2D eigenvalue weighted by molar-refractivity contribution is -0.176. The summed E-state index contributed by atoms with van der Waals surface area (Å²) in [6, 6.07) is 8.85. The molecule has 0 aliphatic carbocycles. The molecule has 1 heterocycles. The quantitative estimate of drug-likeness (QED) is 0.605. The number of likely N-dealkylation sites (tertiary alicyclic amines) is 1. The standard InChI is InChI=1S/C14H17NO3/c1-10(2)15-9-14(3,13(15)17)18-12(16)11-7-5-4-6-8-11/h4-8,10H,9H2,1-3H3/t14-/m0/s1. The summed E-state index contributed by atoms with van der Waals surface area (Å²) in [4.78, 5) is 25.5. The molecular weight excluding hydrogens is 230 g/mol. The summed E-state index contributed by atoms with van der Waals surface area (Å²) in [7, 11) is 0. The summed E-state index contributed by atoms with van der Waals surface area (Å²) < 4.78 is 5.32. The zero-order valence-electron chi connectivity index (χ0n) is 10.8. The van der Waals surface area contributed by atoms with Crippen LogP contribution >= 0.6 is 0 Å². The van der Waals surface area contributed by atoms with Gasteiger partial charge in [-0.25, -0.2) is 4.79 Å². The van der Waals surface area contributed by atoms with E-state index in [2.05, 4.69) is 0 Å². The zero-order valence-corrected chi connectivity index (χ0v) is 10.8. The van der Waals surface area contributed by atoms with Crippen LogP contribution in [0.3, 0.4) is 0 Å². The Balaban J connectivity index is 2.03. The Hall–Kier alpha value is -1.84. The van der Waals surface area contributed by atoms with Crippen molar-refractivity contribution in [3.8, 4) is 0 Å². The van der Waals surface area contributed by atoms with Crippen molar-refractivity contribution in [2.45, 2.75) is 32.4 Å². The Kier molecular flexibility index (Phi) is 3.11. The second-order valence-electron chi connectivity index (χ2n) is 5.01. The van der Waals surface area contributed by atoms with Gasteiger partial charge in [0, 0.05) is 6.04 Å². The molecule has 18 heavy (non-hydrogen) atoms. The molecule has 96 valence electrons. The highest BCUT2D eigenvalue weighted by molar-refractivity contribution is 5.97. The summed E-state index contributed by atoms with van der Waals surface area (Å²) >= 11 is 0. The molecule has 0 N–H and O–H groups in total. The average molecular weight is 247 g/mol. The van der Waals surface area contributed by atoms with Crippen LogP contribution in [0, 0.1) is 0 Å². The van der Waals surface area contributed by atoms with Crippen LogP contribution in [0.1, 0.15) is 31.1 Å². The van der Waals surface area contributed by atoms with E-state index < -0.39 is 11.6 Å². The van der Waals surface area contributed by atoms with E-state index >= 15 is 0 Å². The highest BCUT2D eigenvalue weighted by Gasteiger charge is 2.52. The van der Waals surface area contributed by atoms with Crippen LogP contribution in [0.15, 0.2) is 30.3 Å². The van der Waals surface area contributed by atoms with Crippen LogP contribution in [0.4, 0.5) is 0 Å². The number of hydrogen-bond donors (Lipinski definition) is 0. The Bertz CT molecular complexity index is 469. The molecule has 1 fully saturated rings. The largest absolute Gasteiger partial charge is 0.444 e. The van der Waals surface area contributed by atoms with Crippen molar-refractivity contribution < 1.29 is 14.3 Å². The first-order chi connectivity index (χ1) is 8.44. The van der Waals surface area contributed by atoms with Crippen LogP contribution in [-0.4, -0.2) is 35.0 Å². The maximum atomic E-state index is 11.9. The first-order valence-electron chi connectivity index (χ1n) is 6.03. The molecule has 1 aromatic carbocycles. The third kappa shape index (κ3) is 2.10. The number of carbonyl (C=O) groups excluding carboxylic acids is 2. The second-order valence-corrected chi connectivity index (χ2v) is 5.01. The molecule has 0 unspecified atom stereocenters. The molecule has 0 aromatic heterocycles. The van der Waals surface area contributed by atoms with E-state index in [0.717, 1.165) is 0 Å². The van der Waals surface area contributed by atoms with Gasteiger partial charge in [0.05, 0.1) is 12.1 Å². The number of amides is 1. The molecule has 1 aromatic rings. The molecule has 0 bridgehead atoms. The van der Waals surface area contributed by atoms with Crippen LogP contribution in [0.25, 0.3) is 0 Å². The molecule has 1 atom stereocenters. The Morgan fingerprint density at radius 3 is 2.44 bits per heavy atom. The Morgan fingerprint density at radius 1 is 1.33 bits per heavy atom. The number of rotatable bonds is 3. The molecular formula is C14H17NO3. The first kappa shape index (κ1) is 12.6. The van der Waals surface area contributed by atoms with E-state index in [1.807, 2.05) is 19.9 Å². The van der Waals surface area contributed by atoms with E-state index in [-0.39, 0.29) is 11.9 Å². The van der Waals surface area contributed by atoms with Gasteiger partial charge in [-0.05, 0) is 32.9 Å². The lowest BCUT2D eigenvalue weighted by Crippen LogP contribution is -2.68. The number of ether oxygens (including phenoxy) is 1. The van der Waals surface area contributed by atoms with Gasteiger partial charge >= 0.3 is 5.97 Å². The highest BCUT2D eigenvalue weighted by atomic mass is 16.6. The number of esters is 1. The van der Waals surface area contributed by atoms with Crippen molar-refractivity contribution in [2.24, 2.45) is 0 Å². The van der Waals surface area contributed by atoms with Crippen LogP contribution in [-0.2, 0) is 9.53 Å². The molecule has 4 nitrogen and oxygen atoms in total. The minimum Gasteiger partial charge on any atom is -0.444 e. The van der Waals surface area contributed by atoms with E-state index in [1.165, 1.54) is 0 Å². The van der Waals surface area contributed by atoms with Crippen molar-refractivity contribution in [1.29, 1.82) is 0 Å². The molecule has 2 rings (SSSR count). The van der Waals surface area contributed by atoms with Crippen LogP contribution in [0.2, 0.25) is 0 Å². The fourth-order valence-corrected chi connectivity index (χ4v) is 2.01. The molecule has 0 spiro atoms. The van der Waals surface area contributed by atoms with Gasteiger partial charge < -0.3 is 9.64 Å². The summed E-state index contributed by atoms with van der Waals surface area (Å²) in [5.74, 6) is -0.573. The fourth-order valence-electron chi connectivity index (χ4n) is 2.01. The SMILES string of the molecule is CC(C)N1C[C@](C)(OC(=O)c2ccccc2)C1=O. The average Bonchev–Trinajstić information content (AvgIpc) is 2.36. The van der Waals surface area contributed by atoms with Gasteiger partial charge in [0.15, 0.2) is 0 Å². The summed E-state index contributed by atoms with van der Waals surface area (Å²) in [6.07, 6.45) is 0. The van der Waals surface area contributed by atoms with Crippen molar-refractivity contribution in [3.63, 3.8) is 0 Å². The number of nitrogens with zero attached hydrogens (tertiary/aromatic N) is 1. The molecule has 1 aliphatic heterocycles. The third-order valence-electron chi connectivity index (χ3n) is 3.14. The summed E-state index contributed by atoms with van der Waals surface area (Å²) in [5.41, 5.74) is -0.536. The second kappa shape index (κ2) is 4.44. The van der Waals surface area contributed by atoms with E-state index in [9.17, 15) is 9.59 Å². The van der Waals surface area contributed by atoms with Gasteiger partial charge in [-0.1, -0.05) is 18.2 Å². The van der Waals surface area contributed by atoms with Crippen molar-refractivity contribution >= 4 is 11.9 Å². The summed E-state index contributed by atoms with van der Waals surface area (Å²) in [6.45, 7) is 6.00. The number of β-lactam (4-membered cyclic amide) rings is 1. The van der Waals surface area contributed by atoms with Gasteiger partial charge in [-0.3, -0.25) is 4.79 Å². The number of carbonyl (C=O) groups is 2. The van der Waals surface area contributed by atoms with Crippen molar-refractivity contribution in [1.82, 2.24) is 4.90 Å². The molecule has 1 amide bonds. The smallest absolute Gasteiger partial charge is 0.339 e. The molecule has 4 heteroatoms. The van der Waals surface area contributed by atoms with E-state index in [4.69, 9.17) is 4.74 Å². The van der Waals surface area contributed by atoms with Crippen LogP contribution < -0.4 is 0 Å². The lowest BCUT2D eigenvalue weighted by Gasteiger charge is -2.47. The van der Waals surface area contributed by atoms with Gasteiger partial charge in [0.1, 0.15) is 0 Å². The van der Waals surface area contributed by atoms with Gasteiger partial charge in [0.25, 0.3) is 5.91 Å². The Morgan fingerprint density at radius 2 is 1.94 bits per heavy atom. The number of benzene rings is 1. The molecule has 1 aliphatic rings. The minimum absolute atomic E-state index is 0.123. The minimum atomic E-state index is -1.00. The normalized spacial score (nSPS) is 22.9. The molecule has 0 radical (unpaired) electrons. The van der Waals surface area contributed by atoms with Gasteiger partial charge in [-0.15, -0.1) is 0 Å². The zero-order chi connectivity index (χ0) is 13.3. The van der Waals surface area contributed by atoms with Crippen LogP contribution in [0.5, 0.6) is 0 Å². The lowest BCUT2D eigenvalue weighted by atomic mass is 9.93. The fraction of sp³-hybridized carbons (Fsp3) is 0.429. The first-order valence-corrected chi connectivity index (χ1v) is 6.03. The monoisotopic (exact) mass is 247 g/mol. The third-order valence-corrected chi connectivity index (χ3v) is 3.14. The maximum absolute atomic E-state index is 11.9. The van der Waals surface area contributed by atoms with Crippen molar-refractivity contribution in [2.75, 3.05) is 6.54 Å². The topological polar surface area (TPSA) is 46.6 Å². The molecule has 1 saturated heterocycles. The van der Waals surface area contributed by atoms with E-state index in [0.29, 0.717) is 12.1 Å². The Labute approximate surface area is 107 Å². The summed E-state index contributed by atoms with van der Waals surface area (Å²) in [5, 5.41) is 0. The van der Waals surface area contributed by atoms with Gasteiger partial charge in [0.2, 0.25) is 5.60 Å². The molecule has 0 saturated carbocycles. The van der Waals surface area contributed by atoms with Gasteiger partial charge in [-0.2, -0.15) is 0 Å². The predicted molar refractivity (Wildman–Crippen MR) is 67.1 cm³/mol.